The number of piperidine rings is 1. The molecule has 0 unspecified atom stereocenters. The van der Waals surface area contributed by atoms with Gasteiger partial charge >= 0.3 is 0 Å². The van der Waals surface area contributed by atoms with Gasteiger partial charge in [-0.25, -0.2) is 0 Å². The molecule has 1 amide bonds. The van der Waals surface area contributed by atoms with Crippen molar-refractivity contribution in [2.24, 2.45) is 5.92 Å². The molecule has 0 spiro atoms. The summed E-state index contributed by atoms with van der Waals surface area (Å²) < 4.78 is 0. The van der Waals surface area contributed by atoms with Crippen LogP contribution in [0.5, 0.6) is 0 Å². The van der Waals surface area contributed by atoms with Gasteiger partial charge in [-0.3, -0.25) is 4.79 Å². The van der Waals surface area contributed by atoms with Gasteiger partial charge in [0.05, 0.1) is 0 Å². The van der Waals surface area contributed by atoms with E-state index in [1.54, 1.807) is 0 Å². The standard InChI is InChI=1S/C17H24ClN3O/c1-19-9-11-21(12-10-19)17(22)14-5-7-20(8-6-14)16-4-2-3-15(18)13-16/h2-4,13-14H,5-12H2,1H3. The largest absolute Gasteiger partial charge is 0.371 e. The zero-order valence-electron chi connectivity index (χ0n) is 13.2. The molecule has 0 bridgehead atoms. The monoisotopic (exact) mass is 321 g/mol. The van der Waals surface area contributed by atoms with Gasteiger partial charge in [0.25, 0.3) is 0 Å². The number of nitrogens with zero attached hydrogens (tertiary/aromatic N) is 3. The first kappa shape index (κ1) is 15.6. The SMILES string of the molecule is CN1CCN(C(=O)C2CCN(c3cccc(Cl)c3)CC2)CC1. The molecule has 4 nitrogen and oxygen atoms in total. The Hall–Kier alpha value is -1.26. The first-order valence-electron chi connectivity index (χ1n) is 8.11. The van der Waals surface area contributed by atoms with Crippen molar-refractivity contribution in [1.82, 2.24) is 9.80 Å². The van der Waals surface area contributed by atoms with Gasteiger partial charge in [0.15, 0.2) is 0 Å². The van der Waals surface area contributed by atoms with E-state index in [0.717, 1.165) is 62.8 Å². The van der Waals surface area contributed by atoms with Crippen LogP contribution in [-0.2, 0) is 4.79 Å². The van der Waals surface area contributed by atoms with Gasteiger partial charge in [0, 0.05) is 55.9 Å². The summed E-state index contributed by atoms with van der Waals surface area (Å²) in [5.41, 5.74) is 1.16. The average molecular weight is 322 g/mol. The third-order valence-corrected chi connectivity index (χ3v) is 5.07. The molecule has 0 N–H and O–H groups in total. The number of anilines is 1. The van der Waals surface area contributed by atoms with E-state index in [2.05, 4.69) is 27.8 Å². The van der Waals surface area contributed by atoms with Crippen molar-refractivity contribution in [1.29, 1.82) is 0 Å². The Labute approximate surface area is 137 Å². The summed E-state index contributed by atoms with van der Waals surface area (Å²) in [6, 6.07) is 7.98. The minimum Gasteiger partial charge on any atom is -0.371 e. The molecular formula is C17H24ClN3O. The summed E-state index contributed by atoms with van der Waals surface area (Å²) >= 11 is 6.07. The van der Waals surface area contributed by atoms with Crippen molar-refractivity contribution in [3.63, 3.8) is 0 Å². The Morgan fingerprint density at radius 3 is 2.41 bits per heavy atom. The number of likely N-dealkylation sites (N-methyl/N-ethyl adjacent to an activating group) is 1. The van der Waals surface area contributed by atoms with E-state index in [9.17, 15) is 4.79 Å². The molecule has 2 saturated heterocycles. The molecule has 1 aromatic rings. The summed E-state index contributed by atoms with van der Waals surface area (Å²) in [5.74, 6) is 0.553. The maximum Gasteiger partial charge on any atom is 0.225 e. The topological polar surface area (TPSA) is 26.8 Å². The number of rotatable bonds is 2. The minimum atomic E-state index is 0.193. The maximum atomic E-state index is 12.6. The fourth-order valence-electron chi connectivity index (χ4n) is 3.34. The van der Waals surface area contributed by atoms with E-state index < -0.39 is 0 Å². The maximum absolute atomic E-state index is 12.6. The van der Waals surface area contributed by atoms with Gasteiger partial charge in [0.2, 0.25) is 5.91 Å². The Morgan fingerprint density at radius 1 is 1.09 bits per heavy atom. The number of hydrogen-bond donors (Lipinski definition) is 0. The van der Waals surface area contributed by atoms with E-state index in [0.29, 0.717) is 5.91 Å². The zero-order valence-corrected chi connectivity index (χ0v) is 13.9. The second-order valence-corrected chi connectivity index (χ2v) is 6.81. The number of amides is 1. The average Bonchev–Trinajstić information content (AvgIpc) is 2.55. The fraction of sp³-hybridized carbons (Fsp3) is 0.588. The highest BCUT2D eigenvalue weighted by Crippen LogP contribution is 2.26. The predicted octanol–water partition coefficient (Wildman–Crippen LogP) is 2.33. The molecule has 5 heteroatoms. The minimum absolute atomic E-state index is 0.193. The van der Waals surface area contributed by atoms with Crippen molar-refractivity contribution >= 4 is 23.2 Å². The third-order valence-electron chi connectivity index (χ3n) is 4.83. The number of carbonyl (C=O) groups is 1. The Balaban J connectivity index is 1.54. The lowest BCUT2D eigenvalue weighted by atomic mass is 9.94. The second-order valence-electron chi connectivity index (χ2n) is 6.37. The highest BCUT2D eigenvalue weighted by atomic mass is 35.5. The van der Waals surface area contributed by atoms with Gasteiger partial charge in [-0.05, 0) is 38.1 Å². The third kappa shape index (κ3) is 3.55. The van der Waals surface area contributed by atoms with Gasteiger partial charge in [-0.2, -0.15) is 0 Å². The highest BCUT2D eigenvalue weighted by Gasteiger charge is 2.29. The molecule has 3 rings (SSSR count). The summed E-state index contributed by atoms with van der Waals surface area (Å²) in [7, 11) is 2.12. The molecule has 2 aliphatic rings. The van der Waals surface area contributed by atoms with Crippen molar-refractivity contribution in [2.75, 3.05) is 51.2 Å². The molecule has 2 heterocycles. The van der Waals surface area contributed by atoms with E-state index in [1.165, 1.54) is 0 Å². The van der Waals surface area contributed by atoms with E-state index in [4.69, 9.17) is 11.6 Å². The molecule has 22 heavy (non-hydrogen) atoms. The molecule has 0 aromatic heterocycles. The summed E-state index contributed by atoms with van der Waals surface area (Å²) in [6.07, 6.45) is 1.88. The number of piperazine rings is 1. The summed E-state index contributed by atoms with van der Waals surface area (Å²) in [5, 5.41) is 0.771. The lowest BCUT2D eigenvalue weighted by molar-refractivity contribution is -0.137. The second kappa shape index (κ2) is 6.88. The number of hydrogen-bond acceptors (Lipinski definition) is 3. The van der Waals surface area contributed by atoms with Gasteiger partial charge in [-0.1, -0.05) is 17.7 Å². The molecular weight excluding hydrogens is 298 g/mol. The van der Waals surface area contributed by atoms with Crippen LogP contribution in [0.15, 0.2) is 24.3 Å². The Kier molecular flexibility index (Phi) is 4.89. The van der Waals surface area contributed by atoms with Crippen LogP contribution >= 0.6 is 11.6 Å². The Morgan fingerprint density at radius 2 is 1.77 bits per heavy atom. The van der Waals surface area contributed by atoms with Crippen LogP contribution in [0.2, 0.25) is 5.02 Å². The molecule has 0 aliphatic carbocycles. The number of benzene rings is 1. The first-order chi connectivity index (χ1) is 10.6. The number of carbonyl (C=O) groups excluding carboxylic acids is 1. The van der Waals surface area contributed by atoms with Crippen molar-refractivity contribution < 1.29 is 4.79 Å². The van der Waals surface area contributed by atoms with Crippen molar-refractivity contribution in [2.45, 2.75) is 12.8 Å². The molecule has 0 radical (unpaired) electrons. The van der Waals surface area contributed by atoms with Crippen molar-refractivity contribution in [3.05, 3.63) is 29.3 Å². The Bertz CT molecular complexity index is 520. The first-order valence-corrected chi connectivity index (χ1v) is 8.49. The zero-order chi connectivity index (χ0) is 15.5. The van der Waals surface area contributed by atoms with E-state index in [-0.39, 0.29) is 5.92 Å². The normalized spacial score (nSPS) is 21.2. The van der Waals surface area contributed by atoms with E-state index >= 15 is 0 Å². The molecule has 2 aliphatic heterocycles. The van der Waals surface area contributed by atoms with Crippen LogP contribution in [0, 0.1) is 5.92 Å². The van der Waals surface area contributed by atoms with Gasteiger partial charge in [-0.15, -0.1) is 0 Å². The molecule has 0 atom stereocenters. The van der Waals surface area contributed by atoms with Crippen LogP contribution in [0.3, 0.4) is 0 Å². The van der Waals surface area contributed by atoms with Crippen molar-refractivity contribution in [3.8, 4) is 0 Å². The molecule has 1 aromatic carbocycles. The van der Waals surface area contributed by atoms with Gasteiger partial charge in [0.1, 0.15) is 0 Å². The summed E-state index contributed by atoms with van der Waals surface area (Å²) in [4.78, 5) is 19.3. The lowest BCUT2D eigenvalue weighted by Crippen LogP contribution is -2.50. The predicted molar refractivity (Wildman–Crippen MR) is 90.5 cm³/mol. The molecule has 0 saturated carbocycles. The van der Waals surface area contributed by atoms with Crippen LogP contribution in [0.4, 0.5) is 5.69 Å². The van der Waals surface area contributed by atoms with Crippen LogP contribution < -0.4 is 4.90 Å². The van der Waals surface area contributed by atoms with Crippen LogP contribution in [0.25, 0.3) is 0 Å². The quantitative estimate of drug-likeness (QED) is 0.836. The lowest BCUT2D eigenvalue weighted by Gasteiger charge is -2.38. The fourth-order valence-corrected chi connectivity index (χ4v) is 3.53. The van der Waals surface area contributed by atoms with Crippen LogP contribution in [0.1, 0.15) is 12.8 Å². The smallest absolute Gasteiger partial charge is 0.225 e. The van der Waals surface area contributed by atoms with E-state index in [1.807, 2.05) is 18.2 Å². The molecule has 2 fully saturated rings. The molecule has 120 valence electrons. The number of halogens is 1. The summed E-state index contributed by atoms with van der Waals surface area (Å²) in [6.45, 7) is 5.61. The van der Waals surface area contributed by atoms with Crippen LogP contribution in [-0.4, -0.2) is 62.0 Å². The highest BCUT2D eigenvalue weighted by molar-refractivity contribution is 6.30. The van der Waals surface area contributed by atoms with Gasteiger partial charge < -0.3 is 14.7 Å².